The average molecular weight is 312 g/mol. The van der Waals surface area contributed by atoms with Crippen LogP contribution in [0.4, 0.5) is 5.69 Å². The lowest BCUT2D eigenvalue weighted by Crippen LogP contribution is -2.40. The number of hydrogen-bond acceptors (Lipinski definition) is 5. The van der Waals surface area contributed by atoms with E-state index in [-0.39, 0.29) is 11.8 Å². The van der Waals surface area contributed by atoms with Gasteiger partial charge in [0.05, 0.1) is 18.8 Å². The second kappa shape index (κ2) is 6.97. The van der Waals surface area contributed by atoms with Crippen LogP contribution in [0.15, 0.2) is 43.0 Å². The van der Waals surface area contributed by atoms with Crippen molar-refractivity contribution in [2.45, 2.75) is 0 Å². The van der Waals surface area contributed by atoms with Gasteiger partial charge in [0, 0.05) is 36.7 Å². The van der Waals surface area contributed by atoms with E-state index in [0.29, 0.717) is 43.1 Å². The minimum Gasteiger partial charge on any atom is -0.378 e. The summed E-state index contributed by atoms with van der Waals surface area (Å²) in [5, 5.41) is 2.74. The summed E-state index contributed by atoms with van der Waals surface area (Å²) in [7, 11) is 0. The van der Waals surface area contributed by atoms with Crippen molar-refractivity contribution in [1.29, 1.82) is 0 Å². The molecule has 0 radical (unpaired) electrons. The number of anilines is 1. The average Bonchev–Trinajstić information content (AvgIpc) is 2.63. The van der Waals surface area contributed by atoms with Gasteiger partial charge in [-0.05, 0) is 18.2 Å². The molecular weight excluding hydrogens is 296 g/mol. The predicted octanol–water partition coefficient (Wildman–Crippen LogP) is 1.20. The third-order valence-corrected chi connectivity index (χ3v) is 3.49. The van der Waals surface area contributed by atoms with E-state index in [4.69, 9.17) is 4.74 Å². The molecule has 0 bridgehead atoms. The molecule has 2 heterocycles. The van der Waals surface area contributed by atoms with Crippen LogP contribution in [0, 0.1) is 0 Å². The number of morpholine rings is 1. The van der Waals surface area contributed by atoms with Crippen molar-refractivity contribution in [2.24, 2.45) is 0 Å². The summed E-state index contributed by atoms with van der Waals surface area (Å²) in [6.45, 7) is 2.26. The summed E-state index contributed by atoms with van der Waals surface area (Å²) >= 11 is 0. The Balaban J connectivity index is 1.72. The predicted molar refractivity (Wildman–Crippen MR) is 83.1 cm³/mol. The summed E-state index contributed by atoms with van der Waals surface area (Å²) in [5.41, 5.74) is 1.45. The van der Waals surface area contributed by atoms with Crippen molar-refractivity contribution < 1.29 is 14.3 Å². The molecule has 1 aliphatic heterocycles. The summed E-state index contributed by atoms with van der Waals surface area (Å²) < 4.78 is 5.25. The normalized spacial score (nSPS) is 14.3. The molecule has 3 rings (SSSR count). The lowest BCUT2D eigenvalue weighted by Gasteiger charge is -2.27. The molecule has 7 nitrogen and oxygen atoms in total. The van der Waals surface area contributed by atoms with E-state index in [2.05, 4.69) is 15.3 Å². The third-order valence-electron chi connectivity index (χ3n) is 3.49. The van der Waals surface area contributed by atoms with Crippen molar-refractivity contribution in [3.8, 4) is 0 Å². The van der Waals surface area contributed by atoms with Crippen LogP contribution in [-0.2, 0) is 4.74 Å². The highest BCUT2D eigenvalue weighted by Gasteiger charge is 2.18. The second-order valence-corrected chi connectivity index (χ2v) is 5.07. The van der Waals surface area contributed by atoms with Crippen LogP contribution in [0.3, 0.4) is 0 Å². The Hall–Kier alpha value is -2.80. The van der Waals surface area contributed by atoms with Crippen LogP contribution in [0.2, 0.25) is 0 Å². The maximum atomic E-state index is 12.4. The first-order chi connectivity index (χ1) is 11.2. The molecule has 1 aromatic heterocycles. The Morgan fingerprint density at radius 2 is 1.83 bits per heavy atom. The first-order valence-electron chi connectivity index (χ1n) is 7.27. The van der Waals surface area contributed by atoms with Crippen molar-refractivity contribution in [1.82, 2.24) is 14.9 Å². The smallest absolute Gasteiger partial charge is 0.258 e. The maximum Gasteiger partial charge on any atom is 0.258 e. The SMILES string of the molecule is O=C(Nc1cccc(C(=O)N2CCOCC2)c1)c1cncnc1. The van der Waals surface area contributed by atoms with Gasteiger partial charge in [0.15, 0.2) is 0 Å². The molecule has 1 fully saturated rings. The van der Waals surface area contributed by atoms with Crippen LogP contribution < -0.4 is 5.32 Å². The summed E-state index contributed by atoms with van der Waals surface area (Å²) in [6, 6.07) is 6.88. The van der Waals surface area contributed by atoms with Gasteiger partial charge in [-0.25, -0.2) is 9.97 Å². The van der Waals surface area contributed by atoms with Gasteiger partial charge in [0.2, 0.25) is 0 Å². The van der Waals surface area contributed by atoms with Crippen LogP contribution >= 0.6 is 0 Å². The quantitative estimate of drug-likeness (QED) is 0.920. The third kappa shape index (κ3) is 3.70. The van der Waals surface area contributed by atoms with Gasteiger partial charge in [-0.1, -0.05) is 6.07 Å². The molecule has 1 aromatic carbocycles. The van der Waals surface area contributed by atoms with Crippen molar-refractivity contribution in [2.75, 3.05) is 31.6 Å². The molecule has 0 atom stereocenters. The molecule has 1 aliphatic rings. The molecule has 0 aliphatic carbocycles. The highest BCUT2D eigenvalue weighted by atomic mass is 16.5. The van der Waals surface area contributed by atoms with E-state index in [1.807, 2.05) is 0 Å². The Kier molecular flexibility index (Phi) is 4.58. The molecule has 2 aromatic rings. The number of ether oxygens (including phenoxy) is 1. The summed E-state index contributed by atoms with van der Waals surface area (Å²) in [4.78, 5) is 33.9. The Labute approximate surface area is 133 Å². The molecule has 0 unspecified atom stereocenters. The number of nitrogens with one attached hydrogen (secondary N) is 1. The van der Waals surface area contributed by atoms with Gasteiger partial charge >= 0.3 is 0 Å². The van der Waals surface area contributed by atoms with E-state index in [9.17, 15) is 9.59 Å². The Morgan fingerprint density at radius 3 is 2.57 bits per heavy atom. The molecule has 23 heavy (non-hydrogen) atoms. The van der Waals surface area contributed by atoms with E-state index in [1.54, 1.807) is 29.2 Å². The zero-order valence-electron chi connectivity index (χ0n) is 12.4. The van der Waals surface area contributed by atoms with Crippen LogP contribution in [0.25, 0.3) is 0 Å². The van der Waals surface area contributed by atoms with E-state index >= 15 is 0 Å². The largest absolute Gasteiger partial charge is 0.378 e. The number of carbonyl (C=O) groups is 2. The molecule has 1 N–H and O–H groups in total. The number of amides is 2. The minimum atomic E-state index is -0.318. The molecule has 2 amide bonds. The lowest BCUT2D eigenvalue weighted by atomic mass is 10.1. The number of aromatic nitrogens is 2. The number of nitrogens with zero attached hydrogens (tertiary/aromatic N) is 3. The van der Waals surface area contributed by atoms with Gasteiger partial charge in [-0.2, -0.15) is 0 Å². The molecule has 0 saturated carbocycles. The zero-order valence-corrected chi connectivity index (χ0v) is 12.4. The highest BCUT2D eigenvalue weighted by molar-refractivity contribution is 6.04. The maximum absolute atomic E-state index is 12.4. The van der Waals surface area contributed by atoms with E-state index in [1.165, 1.54) is 18.7 Å². The molecular formula is C16H16N4O3. The number of rotatable bonds is 3. The Morgan fingerprint density at radius 1 is 1.09 bits per heavy atom. The van der Waals surface area contributed by atoms with Gasteiger partial charge in [-0.3, -0.25) is 9.59 Å². The lowest BCUT2D eigenvalue weighted by molar-refractivity contribution is 0.0303. The first-order valence-corrected chi connectivity index (χ1v) is 7.27. The standard InChI is InChI=1S/C16H16N4O3/c21-15(13-9-17-11-18-10-13)19-14-3-1-2-12(8-14)16(22)20-4-6-23-7-5-20/h1-3,8-11H,4-7H2,(H,19,21). The van der Waals surface area contributed by atoms with Crippen LogP contribution in [0.1, 0.15) is 20.7 Å². The first kappa shape index (κ1) is 15.1. The summed E-state index contributed by atoms with van der Waals surface area (Å²) in [6.07, 6.45) is 4.23. The fourth-order valence-electron chi connectivity index (χ4n) is 2.30. The fourth-order valence-corrected chi connectivity index (χ4v) is 2.30. The second-order valence-electron chi connectivity index (χ2n) is 5.07. The zero-order chi connectivity index (χ0) is 16.1. The topological polar surface area (TPSA) is 84.4 Å². The monoisotopic (exact) mass is 312 g/mol. The Bertz CT molecular complexity index is 699. The molecule has 7 heteroatoms. The van der Waals surface area contributed by atoms with Crippen LogP contribution in [-0.4, -0.2) is 53.0 Å². The molecule has 1 saturated heterocycles. The van der Waals surface area contributed by atoms with Gasteiger partial charge in [-0.15, -0.1) is 0 Å². The molecule has 0 spiro atoms. The van der Waals surface area contributed by atoms with Gasteiger partial charge in [0.25, 0.3) is 11.8 Å². The number of carbonyl (C=O) groups excluding carboxylic acids is 2. The van der Waals surface area contributed by atoms with Crippen molar-refractivity contribution >= 4 is 17.5 Å². The number of hydrogen-bond donors (Lipinski definition) is 1. The highest BCUT2D eigenvalue weighted by Crippen LogP contribution is 2.14. The molecule has 118 valence electrons. The van der Waals surface area contributed by atoms with Crippen LogP contribution in [0.5, 0.6) is 0 Å². The minimum absolute atomic E-state index is 0.0626. The van der Waals surface area contributed by atoms with E-state index < -0.39 is 0 Å². The summed E-state index contributed by atoms with van der Waals surface area (Å²) in [5.74, 6) is -0.381. The fraction of sp³-hybridized carbons (Fsp3) is 0.250. The van der Waals surface area contributed by atoms with Crippen molar-refractivity contribution in [3.05, 3.63) is 54.1 Å². The van der Waals surface area contributed by atoms with Gasteiger partial charge in [0.1, 0.15) is 6.33 Å². The van der Waals surface area contributed by atoms with Gasteiger partial charge < -0.3 is 15.0 Å². The van der Waals surface area contributed by atoms with Crippen molar-refractivity contribution in [3.63, 3.8) is 0 Å². The number of benzene rings is 1. The van der Waals surface area contributed by atoms with E-state index in [0.717, 1.165) is 0 Å².